The van der Waals surface area contributed by atoms with Crippen LogP contribution in [-0.4, -0.2) is 18.4 Å². The predicted octanol–water partition coefficient (Wildman–Crippen LogP) is 3.46. The average Bonchev–Trinajstić information content (AvgIpc) is 2.61. The molecule has 0 bridgehead atoms. The summed E-state index contributed by atoms with van der Waals surface area (Å²) in [6.45, 7) is 4.24. The first-order valence-electron chi connectivity index (χ1n) is 8.35. The Kier molecular flexibility index (Phi) is 6.69. The second-order valence-electron chi connectivity index (χ2n) is 6.21. The van der Waals surface area contributed by atoms with Gasteiger partial charge in [-0.25, -0.2) is 4.39 Å². The van der Waals surface area contributed by atoms with Crippen LogP contribution in [0, 0.1) is 11.7 Å². The lowest BCUT2D eigenvalue weighted by atomic mass is 9.96. The van der Waals surface area contributed by atoms with Gasteiger partial charge in [-0.3, -0.25) is 9.59 Å². The van der Waals surface area contributed by atoms with Crippen molar-refractivity contribution in [3.8, 4) is 0 Å². The third kappa shape index (κ3) is 5.71. The molecule has 1 unspecified atom stereocenters. The van der Waals surface area contributed by atoms with Crippen molar-refractivity contribution in [2.45, 2.75) is 26.3 Å². The predicted molar refractivity (Wildman–Crippen MR) is 95.5 cm³/mol. The summed E-state index contributed by atoms with van der Waals surface area (Å²) in [7, 11) is 0. The second-order valence-corrected chi connectivity index (χ2v) is 6.21. The molecule has 0 saturated heterocycles. The van der Waals surface area contributed by atoms with Gasteiger partial charge in [-0.15, -0.1) is 0 Å². The van der Waals surface area contributed by atoms with Gasteiger partial charge < -0.3 is 10.6 Å². The fourth-order valence-electron chi connectivity index (χ4n) is 2.53. The van der Waals surface area contributed by atoms with Crippen molar-refractivity contribution in [2.24, 2.45) is 5.92 Å². The number of nitrogens with one attached hydrogen (secondary N) is 2. The molecule has 0 saturated carbocycles. The standard InChI is InChI=1S/C20H23FN2O2/c1-14(2)19(15-8-10-17(21)11-9-15)23-18(24)12-13-22-20(25)16-6-4-3-5-7-16/h3-11,14,19H,12-13H2,1-2H3,(H,22,25)(H,23,24). The summed E-state index contributed by atoms with van der Waals surface area (Å²) in [5, 5.41) is 5.68. The van der Waals surface area contributed by atoms with Crippen LogP contribution in [0.25, 0.3) is 0 Å². The average molecular weight is 342 g/mol. The number of amides is 2. The quantitative estimate of drug-likeness (QED) is 0.809. The summed E-state index contributed by atoms with van der Waals surface area (Å²) in [5.74, 6) is -0.502. The zero-order valence-electron chi connectivity index (χ0n) is 14.5. The van der Waals surface area contributed by atoms with Crippen molar-refractivity contribution in [2.75, 3.05) is 6.54 Å². The van der Waals surface area contributed by atoms with Gasteiger partial charge in [0.2, 0.25) is 5.91 Å². The van der Waals surface area contributed by atoms with Gasteiger partial charge in [0.25, 0.3) is 5.91 Å². The highest BCUT2D eigenvalue weighted by Gasteiger charge is 2.18. The van der Waals surface area contributed by atoms with E-state index in [1.54, 1.807) is 36.4 Å². The minimum absolute atomic E-state index is 0.156. The molecule has 0 heterocycles. The maximum atomic E-state index is 13.1. The highest BCUT2D eigenvalue weighted by molar-refractivity contribution is 5.94. The molecule has 5 heteroatoms. The van der Waals surface area contributed by atoms with Crippen molar-refractivity contribution in [1.82, 2.24) is 10.6 Å². The van der Waals surface area contributed by atoms with Crippen LogP contribution in [0.4, 0.5) is 4.39 Å². The lowest BCUT2D eigenvalue weighted by molar-refractivity contribution is -0.122. The Morgan fingerprint density at radius 1 is 1.00 bits per heavy atom. The van der Waals surface area contributed by atoms with Gasteiger partial charge in [-0.05, 0) is 35.7 Å². The van der Waals surface area contributed by atoms with Gasteiger partial charge in [0.15, 0.2) is 0 Å². The molecule has 2 rings (SSSR count). The first-order valence-corrected chi connectivity index (χ1v) is 8.35. The summed E-state index contributed by atoms with van der Waals surface area (Å²) in [6, 6.07) is 14.8. The normalized spacial score (nSPS) is 11.8. The number of rotatable bonds is 7. The van der Waals surface area contributed by atoms with Gasteiger partial charge in [-0.1, -0.05) is 44.2 Å². The van der Waals surface area contributed by atoms with Gasteiger partial charge in [0, 0.05) is 18.5 Å². The van der Waals surface area contributed by atoms with Crippen LogP contribution in [-0.2, 0) is 4.79 Å². The Balaban J connectivity index is 1.85. The maximum absolute atomic E-state index is 13.1. The summed E-state index contributed by atoms with van der Waals surface area (Å²) in [6.07, 6.45) is 0.184. The van der Waals surface area contributed by atoms with Crippen LogP contribution in [0.15, 0.2) is 54.6 Å². The SMILES string of the molecule is CC(C)C(NC(=O)CCNC(=O)c1ccccc1)c1ccc(F)cc1. The smallest absolute Gasteiger partial charge is 0.251 e. The molecule has 0 aliphatic rings. The first kappa shape index (κ1) is 18.6. The van der Waals surface area contributed by atoms with E-state index in [-0.39, 0.29) is 42.6 Å². The van der Waals surface area contributed by atoms with Crippen LogP contribution in [0.2, 0.25) is 0 Å². The van der Waals surface area contributed by atoms with E-state index in [2.05, 4.69) is 10.6 Å². The Hall–Kier alpha value is -2.69. The van der Waals surface area contributed by atoms with E-state index in [9.17, 15) is 14.0 Å². The van der Waals surface area contributed by atoms with Gasteiger partial charge in [0.1, 0.15) is 5.82 Å². The first-order chi connectivity index (χ1) is 12.0. The van der Waals surface area contributed by atoms with E-state index in [1.165, 1.54) is 12.1 Å². The highest BCUT2D eigenvalue weighted by atomic mass is 19.1. The van der Waals surface area contributed by atoms with Crippen LogP contribution in [0.1, 0.15) is 42.2 Å². The van der Waals surface area contributed by atoms with Gasteiger partial charge in [0.05, 0.1) is 6.04 Å². The van der Waals surface area contributed by atoms with E-state index >= 15 is 0 Å². The molecular weight excluding hydrogens is 319 g/mol. The lowest BCUT2D eigenvalue weighted by Crippen LogP contribution is -2.34. The zero-order chi connectivity index (χ0) is 18.2. The monoisotopic (exact) mass is 342 g/mol. The van der Waals surface area contributed by atoms with E-state index in [4.69, 9.17) is 0 Å². The minimum atomic E-state index is -0.304. The molecule has 132 valence electrons. The number of hydrogen-bond acceptors (Lipinski definition) is 2. The molecule has 2 amide bonds. The summed E-state index contributed by atoms with van der Waals surface area (Å²) >= 11 is 0. The fourth-order valence-corrected chi connectivity index (χ4v) is 2.53. The van der Waals surface area contributed by atoms with E-state index in [0.717, 1.165) is 5.56 Å². The van der Waals surface area contributed by atoms with Crippen molar-refractivity contribution < 1.29 is 14.0 Å². The summed E-state index contributed by atoms with van der Waals surface area (Å²) in [4.78, 5) is 24.1. The van der Waals surface area contributed by atoms with Crippen LogP contribution >= 0.6 is 0 Å². The van der Waals surface area contributed by atoms with Crippen molar-refractivity contribution in [3.63, 3.8) is 0 Å². The zero-order valence-corrected chi connectivity index (χ0v) is 14.5. The Bertz CT molecular complexity index is 699. The number of hydrogen-bond donors (Lipinski definition) is 2. The van der Waals surface area contributed by atoms with Gasteiger partial charge >= 0.3 is 0 Å². The number of carbonyl (C=O) groups is 2. The Labute approximate surface area is 147 Å². The van der Waals surface area contributed by atoms with E-state index in [1.807, 2.05) is 19.9 Å². The van der Waals surface area contributed by atoms with Crippen molar-refractivity contribution >= 4 is 11.8 Å². The molecule has 0 aromatic heterocycles. The third-order valence-corrected chi connectivity index (χ3v) is 3.89. The van der Waals surface area contributed by atoms with Crippen LogP contribution in [0.5, 0.6) is 0 Å². The lowest BCUT2D eigenvalue weighted by Gasteiger charge is -2.23. The highest BCUT2D eigenvalue weighted by Crippen LogP contribution is 2.21. The molecule has 1 atom stereocenters. The molecule has 0 radical (unpaired) electrons. The third-order valence-electron chi connectivity index (χ3n) is 3.89. The fraction of sp³-hybridized carbons (Fsp3) is 0.300. The topological polar surface area (TPSA) is 58.2 Å². The minimum Gasteiger partial charge on any atom is -0.352 e. The van der Waals surface area contributed by atoms with Crippen LogP contribution < -0.4 is 10.6 Å². The van der Waals surface area contributed by atoms with E-state index < -0.39 is 0 Å². The molecule has 0 aliphatic carbocycles. The number of carbonyl (C=O) groups excluding carboxylic acids is 2. The maximum Gasteiger partial charge on any atom is 0.251 e. The molecule has 2 N–H and O–H groups in total. The molecule has 25 heavy (non-hydrogen) atoms. The Morgan fingerprint density at radius 3 is 2.24 bits per heavy atom. The van der Waals surface area contributed by atoms with Crippen molar-refractivity contribution in [1.29, 1.82) is 0 Å². The molecule has 0 fully saturated rings. The second kappa shape index (κ2) is 8.97. The molecule has 0 aliphatic heterocycles. The summed E-state index contributed by atoms with van der Waals surface area (Å²) < 4.78 is 13.1. The molecule has 2 aromatic rings. The van der Waals surface area contributed by atoms with E-state index in [0.29, 0.717) is 5.56 Å². The Morgan fingerprint density at radius 2 is 1.64 bits per heavy atom. The van der Waals surface area contributed by atoms with Crippen molar-refractivity contribution in [3.05, 3.63) is 71.5 Å². The molecule has 4 nitrogen and oxygen atoms in total. The summed E-state index contributed by atoms with van der Waals surface area (Å²) in [5.41, 5.74) is 1.42. The molecule has 0 spiro atoms. The molecular formula is C20H23FN2O2. The van der Waals surface area contributed by atoms with Gasteiger partial charge in [-0.2, -0.15) is 0 Å². The largest absolute Gasteiger partial charge is 0.352 e. The number of halogens is 1. The van der Waals surface area contributed by atoms with Crippen LogP contribution in [0.3, 0.4) is 0 Å². The molecule has 2 aromatic carbocycles. The number of benzene rings is 2.